The molecule has 6 heteroatoms. The average Bonchev–Trinajstić information content (AvgIpc) is 2.82. The van der Waals surface area contributed by atoms with Crippen molar-refractivity contribution in [2.75, 3.05) is 24.6 Å². The number of hydrogen-bond acceptors (Lipinski definition) is 5. The molecule has 1 aromatic heterocycles. The van der Waals surface area contributed by atoms with Crippen LogP contribution in [-0.4, -0.2) is 24.5 Å². The molecule has 0 spiro atoms. The van der Waals surface area contributed by atoms with Gasteiger partial charge in [-0.05, 0) is 18.3 Å². The van der Waals surface area contributed by atoms with Gasteiger partial charge in [0.15, 0.2) is 5.13 Å². The molecule has 0 saturated heterocycles. The van der Waals surface area contributed by atoms with Crippen molar-refractivity contribution < 1.29 is 4.79 Å². The number of nitrogens with two attached hydrogens (primary N) is 1. The Balaban J connectivity index is 1.76. The first-order chi connectivity index (χ1) is 9.60. The van der Waals surface area contributed by atoms with Crippen molar-refractivity contribution in [1.82, 2.24) is 10.3 Å². The van der Waals surface area contributed by atoms with Crippen molar-refractivity contribution in [3.8, 4) is 0 Å². The maximum Gasteiger partial charge on any atom is 0.265 e. The number of anilines is 2. The van der Waals surface area contributed by atoms with Gasteiger partial charge in [-0.1, -0.05) is 43.9 Å². The van der Waals surface area contributed by atoms with Gasteiger partial charge in [-0.3, -0.25) is 4.79 Å². The Morgan fingerprint density at radius 2 is 2.10 bits per heavy atom. The molecule has 0 aliphatic heterocycles. The smallest absolute Gasteiger partial charge is 0.265 e. The number of hydrogen-bond donors (Lipinski definition) is 3. The lowest BCUT2D eigenvalue weighted by Crippen LogP contribution is -2.26. The highest BCUT2D eigenvalue weighted by Crippen LogP contribution is 2.30. The zero-order valence-electron chi connectivity index (χ0n) is 12.2. The highest BCUT2D eigenvalue weighted by atomic mass is 32.1. The van der Waals surface area contributed by atoms with Crippen LogP contribution in [0.3, 0.4) is 0 Å². The van der Waals surface area contributed by atoms with Crippen LogP contribution < -0.4 is 16.4 Å². The van der Waals surface area contributed by atoms with Gasteiger partial charge in [0.25, 0.3) is 5.91 Å². The second kappa shape index (κ2) is 6.92. The van der Waals surface area contributed by atoms with Crippen molar-refractivity contribution in [1.29, 1.82) is 0 Å². The number of nitrogens with one attached hydrogen (secondary N) is 2. The van der Waals surface area contributed by atoms with E-state index in [0.29, 0.717) is 15.8 Å². The second-order valence-corrected chi connectivity index (χ2v) is 6.65. The fourth-order valence-electron chi connectivity index (χ4n) is 2.69. The van der Waals surface area contributed by atoms with Crippen LogP contribution in [-0.2, 0) is 0 Å². The Hall–Kier alpha value is -1.30. The molecular formula is C14H24N4OS. The van der Waals surface area contributed by atoms with Gasteiger partial charge in [-0.15, -0.1) is 0 Å². The normalized spacial score (nSPS) is 22.5. The molecule has 0 radical (unpaired) electrons. The maximum absolute atomic E-state index is 12.0. The van der Waals surface area contributed by atoms with Crippen LogP contribution in [0.1, 0.15) is 48.7 Å². The van der Waals surface area contributed by atoms with Crippen LogP contribution >= 0.6 is 11.3 Å². The maximum atomic E-state index is 12.0. The van der Waals surface area contributed by atoms with Crippen LogP contribution in [0.4, 0.5) is 10.9 Å². The predicted molar refractivity (Wildman–Crippen MR) is 84.1 cm³/mol. The van der Waals surface area contributed by atoms with Gasteiger partial charge in [0, 0.05) is 13.6 Å². The fourth-order valence-corrected chi connectivity index (χ4v) is 3.44. The summed E-state index contributed by atoms with van der Waals surface area (Å²) in [6, 6.07) is 0. The summed E-state index contributed by atoms with van der Waals surface area (Å²) in [6.07, 6.45) is 6.31. The molecule has 1 saturated carbocycles. The van der Waals surface area contributed by atoms with Gasteiger partial charge < -0.3 is 16.4 Å². The zero-order valence-corrected chi connectivity index (χ0v) is 13.1. The van der Waals surface area contributed by atoms with Gasteiger partial charge >= 0.3 is 0 Å². The van der Waals surface area contributed by atoms with E-state index < -0.39 is 0 Å². The lowest BCUT2D eigenvalue weighted by molar-refractivity contribution is 0.0954. The molecule has 20 heavy (non-hydrogen) atoms. The first-order valence-electron chi connectivity index (χ1n) is 7.32. The molecule has 1 aromatic rings. The molecule has 112 valence electrons. The number of amides is 1. The summed E-state index contributed by atoms with van der Waals surface area (Å²) < 4.78 is 0. The molecule has 1 aliphatic rings. The predicted octanol–water partition coefficient (Wildman–Crippen LogP) is 2.71. The summed E-state index contributed by atoms with van der Waals surface area (Å²) in [4.78, 5) is 16.6. The fraction of sp³-hybridized carbons (Fsp3) is 0.714. The number of carbonyl (C=O) groups is 1. The SMILES string of the molecule is CNc1nc(N)c(C(=O)NCCC2CCC(C)CC2)s1. The quantitative estimate of drug-likeness (QED) is 0.780. The highest BCUT2D eigenvalue weighted by molar-refractivity contribution is 7.18. The van der Waals surface area contributed by atoms with Crippen molar-refractivity contribution in [2.45, 2.75) is 39.0 Å². The first kappa shape index (κ1) is 15.1. The van der Waals surface area contributed by atoms with Crippen LogP contribution in [0.2, 0.25) is 0 Å². The van der Waals surface area contributed by atoms with E-state index in [-0.39, 0.29) is 5.91 Å². The Labute approximate surface area is 124 Å². The third kappa shape index (κ3) is 3.85. The Morgan fingerprint density at radius 3 is 2.70 bits per heavy atom. The molecule has 0 aromatic carbocycles. The van der Waals surface area contributed by atoms with Crippen molar-refractivity contribution in [2.24, 2.45) is 11.8 Å². The standard InChI is InChI=1S/C14H24N4OS/c1-9-3-5-10(6-4-9)7-8-17-13(19)11-12(15)18-14(16-2)20-11/h9-10H,3-8,15H2,1-2H3,(H,16,18)(H,17,19). The summed E-state index contributed by atoms with van der Waals surface area (Å²) in [6.45, 7) is 3.05. The lowest BCUT2D eigenvalue weighted by atomic mass is 9.81. The zero-order chi connectivity index (χ0) is 14.5. The number of thiazole rings is 1. The molecule has 0 unspecified atom stereocenters. The van der Waals surface area contributed by atoms with Crippen molar-refractivity contribution in [3.05, 3.63) is 4.88 Å². The molecule has 0 bridgehead atoms. The Bertz CT molecular complexity index is 452. The number of rotatable bonds is 5. The van der Waals surface area contributed by atoms with E-state index in [4.69, 9.17) is 5.73 Å². The Kier molecular flexibility index (Phi) is 5.23. The van der Waals surface area contributed by atoms with Gasteiger partial charge in [0.1, 0.15) is 10.7 Å². The topological polar surface area (TPSA) is 80.0 Å². The molecular weight excluding hydrogens is 272 g/mol. The van der Waals surface area contributed by atoms with E-state index in [0.717, 1.165) is 24.8 Å². The third-order valence-corrected chi connectivity index (χ3v) is 5.13. The minimum absolute atomic E-state index is 0.106. The minimum Gasteiger partial charge on any atom is -0.382 e. The minimum atomic E-state index is -0.106. The van der Waals surface area contributed by atoms with Crippen LogP contribution in [0.5, 0.6) is 0 Å². The largest absolute Gasteiger partial charge is 0.382 e. The third-order valence-electron chi connectivity index (χ3n) is 4.05. The Morgan fingerprint density at radius 1 is 1.40 bits per heavy atom. The van der Waals surface area contributed by atoms with Gasteiger partial charge in [-0.2, -0.15) is 0 Å². The summed E-state index contributed by atoms with van der Waals surface area (Å²) in [7, 11) is 1.77. The molecule has 1 aliphatic carbocycles. The summed E-state index contributed by atoms with van der Waals surface area (Å²) in [5, 5.41) is 6.54. The van der Waals surface area contributed by atoms with E-state index >= 15 is 0 Å². The molecule has 0 atom stereocenters. The van der Waals surface area contributed by atoms with Crippen LogP contribution in [0.15, 0.2) is 0 Å². The number of nitrogen functional groups attached to an aromatic ring is 1. The van der Waals surface area contributed by atoms with Gasteiger partial charge in [0.05, 0.1) is 0 Å². The van der Waals surface area contributed by atoms with E-state index in [1.807, 2.05) is 0 Å². The second-order valence-electron chi connectivity index (χ2n) is 5.65. The molecule has 5 nitrogen and oxygen atoms in total. The number of carbonyl (C=O) groups excluding carboxylic acids is 1. The number of aromatic nitrogens is 1. The van der Waals surface area contributed by atoms with Crippen LogP contribution in [0, 0.1) is 11.8 Å². The van der Waals surface area contributed by atoms with Gasteiger partial charge in [-0.25, -0.2) is 4.98 Å². The summed E-state index contributed by atoms with van der Waals surface area (Å²) in [5.41, 5.74) is 5.75. The van der Waals surface area contributed by atoms with Crippen LogP contribution in [0.25, 0.3) is 0 Å². The molecule has 1 fully saturated rings. The monoisotopic (exact) mass is 296 g/mol. The van der Waals surface area contributed by atoms with E-state index in [1.54, 1.807) is 7.05 Å². The van der Waals surface area contributed by atoms with Crippen molar-refractivity contribution >= 4 is 28.2 Å². The summed E-state index contributed by atoms with van der Waals surface area (Å²) in [5.74, 6) is 1.84. The molecule has 4 N–H and O–H groups in total. The molecule has 2 rings (SSSR count). The van der Waals surface area contributed by atoms with E-state index in [2.05, 4.69) is 22.5 Å². The first-order valence-corrected chi connectivity index (χ1v) is 8.14. The van der Waals surface area contributed by atoms with Gasteiger partial charge in [0.2, 0.25) is 0 Å². The summed E-state index contributed by atoms with van der Waals surface area (Å²) >= 11 is 1.29. The highest BCUT2D eigenvalue weighted by Gasteiger charge is 2.19. The average molecular weight is 296 g/mol. The molecule has 1 heterocycles. The van der Waals surface area contributed by atoms with Crippen molar-refractivity contribution in [3.63, 3.8) is 0 Å². The lowest BCUT2D eigenvalue weighted by Gasteiger charge is -2.26. The molecule has 1 amide bonds. The van der Waals surface area contributed by atoms with E-state index in [9.17, 15) is 4.79 Å². The number of nitrogens with zero attached hydrogens (tertiary/aromatic N) is 1. The van der Waals surface area contributed by atoms with E-state index in [1.165, 1.54) is 37.0 Å².